The van der Waals surface area contributed by atoms with Gasteiger partial charge in [0.1, 0.15) is 0 Å². The molecule has 0 amide bonds. The summed E-state index contributed by atoms with van der Waals surface area (Å²) in [5, 5.41) is 2.39. The minimum atomic E-state index is -3.74. The lowest BCUT2D eigenvalue weighted by atomic mass is 9.86. The summed E-state index contributed by atoms with van der Waals surface area (Å²) in [6.07, 6.45) is 7.70. The highest BCUT2D eigenvalue weighted by Gasteiger charge is 2.40. The lowest BCUT2D eigenvalue weighted by Gasteiger charge is -2.25. The Kier molecular flexibility index (Phi) is 55.8. The topological polar surface area (TPSA) is 365 Å². The smallest absolute Gasteiger partial charge is 0.327 e. The van der Waals surface area contributed by atoms with Crippen LogP contribution < -0.4 is 21.2 Å². The van der Waals surface area contributed by atoms with Gasteiger partial charge >= 0.3 is 30.4 Å². The van der Waals surface area contributed by atoms with E-state index < -0.39 is 81.5 Å². The van der Waals surface area contributed by atoms with Crippen LogP contribution in [0.2, 0.25) is 0 Å². The molecule has 0 spiro atoms. The molecule has 7 aromatic rings. The fourth-order valence-corrected chi connectivity index (χ4v) is 25.1. The van der Waals surface area contributed by atoms with Gasteiger partial charge in [-0.1, -0.05) is 242 Å². The van der Waals surface area contributed by atoms with E-state index in [9.17, 15) is 74.9 Å². The van der Waals surface area contributed by atoms with E-state index in [-0.39, 0.29) is 59.9 Å². The van der Waals surface area contributed by atoms with Crippen LogP contribution >= 0.6 is 59.4 Å². The normalized spacial score (nSPS) is 13.0. The number of rotatable bonds is 40. The predicted octanol–water partition coefficient (Wildman–Crippen LogP) is 24.2. The van der Waals surface area contributed by atoms with Gasteiger partial charge in [0, 0.05) is 120 Å². The van der Waals surface area contributed by atoms with Crippen molar-refractivity contribution in [3.8, 4) is 0 Å². The summed E-state index contributed by atoms with van der Waals surface area (Å²) in [5.74, 6) is 0.236. The van der Waals surface area contributed by atoms with E-state index in [2.05, 4.69) is 43.7 Å². The van der Waals surface area contributed by atoms with E-state index in [1.165, 1.54) is 63.2 Å². The molecular weight excluding hydrogens is 1770 g/mol. The second kappa shape index (κ2) is 58.9. The maximum atomic E-state index is 13.0. The quantitative estimate of drug-likeness (QED) is 0.0254. The van der Waals surface area contributed by atoms with Crippen molar-refractivity contribution in [1.29, 1.82) is 0 Å². The molecule has 4 atom stereocenters. The molecular formula is C92H136O26P8. The Morgan fingerprint density at radius 1 is 0.349 bits per heavy atom. The third kappa shape index (κ3) is 38.4. The summed E-state index contributed by atoms with van der Waals surface area (Å²) in [6, 6.07) is 51.6. The van der Waals surface area contributed by atoms with Gasteiger partial charge in [-0.2, -0.15) is 0 Å². The average Bonchev–Trinajstić information content (AvgIpc) is 0.788. The predicted molar refractivity (Wildman–Crippen MR) is 509 cm³/mol. The molecule has 4 unspecified atom stereocenters. The van der Waals surface area contributed by atoms with Crippen LogP contribution in [0.4, 0.5) is 0 Å². The van der Waals surface area contributed by atoms with Crippen molar-refractivity contribution >= 4 is 125 Å². The Balaban J connectivity index is 0.00000143. The van der Waals surface area contributed by atoms with Crippen molar-refractivity contribution in [2.24, 2.45) is 11.3 Å². The monoisotopic (exact) mass is 1900 g/mol. The average molecular weight is 1910 g/mol. The van der Waals surface area contributed by atoms with Gasteiger partial charge in [-0.15, -0.1) is 0 Å². The minimum absolute atomic E-state index is 0.171. The van der Waals surface area contributed by atoms with Gasteiger partial charge in [0.05, 0.1) is 33.0 Å². The molecule has 26 nitrogen and oxygen atoms in total. The van der Waals surface area contributed by atoms with Gasteiger partial charge in [0.2, 0.25) is 23.7 Å². The number of unbranched alkanes of at least 4 members (excludes halogenated alkanes) is 4. The third-order valence-corrected chi connectivity index (χ3v) is 36.7. The van der Waals surface area contributed by atoms with Crippen LogP contribution in [0.15, 0.2) is 176 Å². The molecule has 0 saturated heterocycles. The molecule has 700 valence electrons. The number of hydrogen-bond donors (Lipinski definition) is 0. The Bertz CT molecular complexity index is 4870. The highest BCUT2D eigenvalue weighted by molar-refractivity contribution is 7.93. The standard InChI is InChI=1S/C14H21O4P.C14H13O2P.C13H19O3P.C13H19O2P.C12H17O4P.C11H15O4P.C11H23O3P.C4H9O4P/c1-6-17-19(16,18-7-2)14(15)13-11(4)8-10(3)9-12(13)5;1-12(15)17(16,13-8-4-2-5-9-13)14-10-6-3-7-11-14;1-3-4-8-11-16-17(15,12(2)14)13-9-6-5-7-10-13;1-3-4-8-11-16(15,12(2)14)13-9-6-5-7-10-13;1-8-6-9(2)11(10(3)7-8)12(13)17(14,15-4)16-5;1-3-14-16(13,15-4-2)11(12)10-8-6-5-7-9-10;1-9(7-11(3,4)5)8-15(13,14-6)10(2)12;1-4(5)9(6,7-2)8-3/h8-9H,6-7H2,1-5H3;2-11H,1H3;5-7,9-10H,3-4,8,11H2,1-2H3;5-7,9-10H,3-4,8,11H2,1-2H3;6-7H,1-5H3;5-9H,3-4H2,1-2H3;9H,7-8H2,1-6H3;1-3H3. The van der Waals surface area contributed by atoms with Crippen molar-refractivity contribution < 1.29 is 120 Å². The van der Waals surface area contributed by atoms with Gasteiger partial charge in [-0.25, -0.2) is 0 Å². The zero-order valence-corrected chi connectivity index (χ0v) is 85.6. The third-order valence-electron chi connectivity index (χ3n) is 18.4. The minimum Gasteiger partial charge on any atom is -0.327 e. The molecule has 0 aliphatic carbocycles. The van der Waals surface area contributed by atoms with E-state index in [1.807, 2.05) is 109 Å². The number of hydrogen-bond acceptors (Lipinski definition) is 26. The summed E-state index contributed by atoms with van der Waals surface area (Å²) in [5.41, 5.74) is 3.19. The second-order valence-electron chi connectivity index (χ2n) is 29.9. The van der Waals surface area contributed by atoms with E-state index in [4.69, 9.17) is 36.2 Å². The Morgan fingerprint density at radius 3 is 0.960 bits per heavy atom. The molecule has 7 rings (SSSR count). The molecule has 0 fully saturated rings. The highest BCUT2D eigenvalue weighted by Crippen LogP contribution is 2.55. The molecule has 0 heterocycles. The van der Waals surface area contributed by atoms with Crippen LogP contribution in [0.5, 0.6) is 0 Å². The molecule has 7 aromatic carbocycles. The highest BCUT2D eigenvalue weighted by atomic mass is 31.2. The van der Waals surface area contributed by atoms with Crippen LogP contribution in [0.25, 0.3) is 0 Å². The molecule has 126 heavy (non-hydrogen) atoms. The number of carbonyl (C=O) groups excluding carboxylic acids is 8. The van der Waals surface area contributed by atoms with Crippen molar-refractivity contribution in [3.05, 3.63) is 226 Å². The van der Waals surface area contributed by atoms with Crippen LogP contribution in [0, 0.1) is 52.9 Å². The molecule has 34 heteroatoms. The zero-order chi connectivity index (χ0) is 96.7. The molecule has 0 aromatic heterocycles. The summed E-state index contributed by atoms with van der Waals surface area (Å²) in [6.45, 7) is 38.2. The van der Waals surface area contributed by atoms with Gasteiger partial charge in [0.15, 0.2) is 18.2 Å². The molecule has 0 N–H and O–H groups in total. The molecule has 0 aliphatic rings. The van der Waals surface area contributed by atoms with Crippen molar-refractivity contribution in [3.63, 3.8) is 0 Å². The Labute approximate surface area is 749 Å². The first-order valence-electron chi connectivity index (χ1n) is 41.3. The Hall–Kier alpha value is -6.66. The van der Waals surface area contributed by atoms with Crippen molar-refractivity contribution in [1.82, 2.24) is 0 Å². The molecule has 0 saturated carbocycles. The Morgan fingerprint density at radius 2 is 0.675 bits per heavy atom. The van der Waals surface area contributed by atoms with Gasteiger partial charge in [-0.3, -0.25) is 65.7 Å². The van der Waals surface area contributed by atoms with Crippen molar-refractivity contribution in [2.75, 3.05) is 80.9 Å². The summed E-state index contributed by atoms with van der Waals surface area (Å²) < 4.78 is 146. The van der Waals surface area contributed by atoms with Crippen LogP contribution in [0.3, 0.4) is 0 Å². The first-order valence-corrected chi connectivity index (χ1v) is 54.5. The van der Waals surface area contributed by atoms with Crippen LogP contribution in [0.1, 0.15) is 213 Å². The van der Waals surface area contributed by atoms with Crippen molar-refractivity contribution in [2.45, 2.75) is 190 Å². The lowest BCUT2D eigenvalue weighted by molar-refractivity contribution is -0.112. The summed E-state index contributed by atoms with van der Waals surface area (Å²) >= 11 is 0. The number of benzene rings is 7. The maximum Gasteiger partial charge on any atom is 0.401 e. The largest absolute Gasteiger partial charge is 0.401 e. The van der Waals surface area contributed by atoms with Gasteiger partial charge in [0.25, 0.3) is 31.3 Å². The second-order valence-corrected chi connectivity index (χ2v) is 49.4. The molecule has 0 aliphatic heterocycles. The summed E-state index contributed by atoms with van der Waals surface area (Å²) in [4.78, 5) is 93.2. The fourth-order valence-electron chi connectivity index (χ4n) is 12.5. The zero-order valence-electron chi connectivity index (χ0n) is 78.4. The van der Waals surface area contributed by atoms with E-state index in [1.54, 1.807) is 143 Å². The van der Waals surface area contributed by atoms with Crippen LogP contribution in [-0.4, -0.2) is 125 Å². The van der Waals surface area contributed by atoms with E-state index >= 15 is 0 Å². The first kappa shape index (κ1) is 119. The molecule has 0 radical (unpaired) electrons. The van der Waals surface area contributed by atoms with E-state index in [0.717, 1.165) is 85.3 Å². The van der Waals surface area contributed by atoms with Crippen LogP contribution in [-0.2, 0) is 106 Å². The lowest BCUT2D eigenvalue weighted by Crippen LogP contribution is -2.20. The number of carbonyl (C=O) groups is 8. The fraction of sp³-hybridized carbons (Fsp3) is 0.457. The molecule has 0 bridgehead atoms. The SMILES string of the molecule is CC(=O)P(=O)(c1ccccc1)c1ccccc1.CCCCCOP(=O)(C(C)=O)c1ccccc1.CCCCCP(=O)(C(C)=O)c1ccccc1.CCOP(=O)(OCC)C(=O)c1c(C)cc(C)cc1C.CCOP(=O)(OCC)C(=O)c1ccccc1.COP(=O)(CC(C)CC(C)(C)C)C(C)=O.COP(=O)(OC)C(=O)c1c(C)cc(C)cc1C.COP(=O)(OC)C(C)=O. The first-order chi connectivity index (χ1) is 58.9. The van der Waals surface area contributed by atoms with E-state index in [0.29, 0.717) is 56.8 Å². The van der Waals surface area contributed by atoms with Gasteiger partial charge < -0.3 is 54.4 Å². The maximum absolute atomic E-state index is 13.0. The number of aryl methyl sites for hydroxylation is 6. The van der Waals surface area contributed by atoms with Gasteiger partial charge in [-0.05, 0) is 134 Å². The summed E-state index contributed by atoms with van der Waals surface area (Å²) in [7, 11) is -20.7.